The van der Waals surface area contributed by atoms with Crippen molar-refractivity contribution in [2.75, 3.05) is 43.4 Å². The summed E-state index contributed by atoms with van der Waals surface area (Å²) in [6.45, 7) is 10.3. The number of rotatable bonds is 6. The normalized spacial score (nSPS) is 22.1. The number of likely N-dealkylation sites (tertiary alicyclic amines) is 1. The second kappa shape index (κ2) is 13.1. The molecule has 0 radical (unpaired) electrons. The minimum absolute atomic E-state index is 0.00593. The molecule has 4 fully saturated rings. The van der Waals surface area contributed by atoms with Gasteiger partial charge in [0.25, 0.3) is 6.43 Å². The van der Waals surface area contributed by atoms with E-state index in [1.54, 1.807) is 0 Å². The van der Waals surface area contributed by atoms with Gasteiger partial charge in [0, 0.05) is 42.5 Å². The number of benzene rings is 2. The molecule has 288 valence electrons. The van der Waals surface area contributed by atoms with Gasteiger partial charge in [0.1, 0.15) is 47.5 Å². The zero-order valence-corrected chi connectivity index (χ0v) is 31.3. The molecule has 1 amide bonds. The number of carbonyl (C=O) groups is 1. The summed E-state index contributed by atoms with van der Waals surface area (Å²) in [5.41, 5.74) is 6.57. The summed E-state index contributed by atoms with van der Waals surface area (Å²) >= 11 is 7.79. The molecular formula is C38H33ClF4N10O2S. The average Bonchev–Trinajstić information content (AvgIpc) is 4.01. The highest BCUT2D eigenvalue weighted by Gasteiger charge is 2.56. The van der Waals surface area contributed by atoms with Crippen LogP contribution in [0.2, 0.25) is 5.02 Å². The molecule has 12 nitrogen and oxygen atoms in total. The van der Waals surface area contributed by atoms with Gasteiger partial charge in [-0.05, 0) is 49.8 Å². The lowest BCUT2D eigenvalue weighted by atomic mass is 9.92. The van der Waals surface area contributed by atoms with Gasteiger partial charge in [-0.25, -0.2) is 27.3 Å². The third-order valence-electron chi connectivity index (χ3n) is 11.7. The summed E-state index contributed by atoms with van der Waals surface area (Å²) in [5.74, 6) is -1.27. The van der Waals surface area contributed by atoms with Crippen LogP contribution in [0.1, 0.15) is 37.7 Å². The first-order valence-corrected chi connectivity index (χ1v) is 19.1. The molecule has 1 unspecified atom stereocenters. The lowest BCUT2D eigenvalue weighted by molar-refractivity contribution is 0.0320. The number of nitrogens with two attached hydrogens (primary N) is 1. The fourth-order valence-corrected chi connectivity index (χ4v) is 10.6. The smallest absolute Gasteiger partial charge is 0.347 e. The van der Waals surface area contributed by atoms with Gasteiger partial charge in [0.15, 0.2) is 5.82 Å². The van der Waals surface area contributed by atoms with Crippen molar-refractivity contribution in [2.24, 2.45) is 0 Å². The lowest BCUT2D eigenvalue weighted by Crippen LogP contribution is -2.55. The number of halogens is 5. The van der Waals surface area contributed by atoms with Gasteiger partial charge in [0.05, 0.1) is 32.4 Å². The highest BCUT2D eigenvalue weighted by atomic mass is 35.5. The van der Waals surface area contributed by atoms with Crippen molar-refractivity contribution in [1.29, 1.82) is 5.26 Å². The third kappa shape index (κ3) is 5.52. The fraction of sp³-hybridized carbons (Fsp3) is 0.368. The van der Waals surface area contributed by atoms with E-state index in [-0.39, 0.29) is 92.1 Å². The van der Waals surface area contributed by atoms with Gasteiger partial charge < -0.3 is 20.3 Å². The molecular weight excluding hydrogens is 772 g/mol. The van der Waals surface area contributed by atoms with Crippen molar-refractivity contribution in [3.8, 4) is 23.2 Å². The van der Waals surface area contributed by atoms with Crippen LogP contribution in [-0.2, 0) is 0 Å². The molecule has 3 aromatic heterocycles. The Balaban J connectivity index is 1.18. The van der Waals surface area contributed by atoms with Crippen molar-refractivity contribution < 1.29 is 27.1 Å². The summed E-state index contributed by atoms with van der Waals surface area (Å²) in [4.78, 5) is 32.2. The van der Waals surface area contributed by atoms with E-state index in [4.69, 9.17) is 27.1 Å². The maximum absolute atomic E-state index is 17.3. The second-order valence-electron chi connectivity index (χ2n) is 15.1. The minimum atomic E-state index is -2.81. The summed E-state index contributed by atoms with van der Waals surface area (Å²) < 4.78 is 68.7. The Morgan fingerprint density at radius 2 is 1.95 bits per heavy atom. The standard InChI is InChI=1S/C38H33ClF4N10O2S/c1-19-10-38(11-20(2)14-51(38)13-19)16-55-35-48-30-22(9-24(39)28(29(30)41)21-3-4-25(40)31-27(21)23(12-44)33(45)56-31)34(49-35)50-8-7-37(15-50)6-5-26(32(42)43)53(37)36(54)52-18-46-17-47-52/h3-4,9,17-18,26,32H,1-2,5-8,10-11,13-16,45H2/t26?,37-/m0/s1. The molecule has 4 saturated heterocycles. The molecule has 2 atom stereocenters. The number of anilines is 2. The number of hydrogen-bond donors (Lipinski definition) is 1. The van der Waals surface area contributed by atoms with E-state index in [9.17, 15) is 18.8 Å². The first-order chi connectivity index (χ1) is 26.8. The van der Waals surface area contributed by atoms with Crippen LogP contribution in [0.5, 0.6) is 6.01 Å². The molecule has 2 N–H and O–H groups in total. The third-order valence-corrected chi connectivity index (χ3v) is 13.0. The van der Waals surface area contributed by atoms with Crippen LogP contribution in [0.4, 0.5) is 33.2 Å². The first kappa shape index (κ1) is 36.3. The van der Waals surface area contributed by atoms with Crippen LogP contribution < -0.4 is 15.4 Å². The highest BCUT2D eigenvalue weighted by molar-refractivity contribution is 7.23. The van der Waals surface area contributed by atoms with Crippen molar-refractivity contribution in [2.45, 2.75) is 55.6 Å². The molecule has 4 aliphatic rings. The van der Waals surface area contributed by atoms with Gasteiger partial charge in [-0.2, -0.15) is 25.0 Å². The van der Waals surface area contributed by atoms with Crippen molar-refractivity contribution in [3.05, 3.63) is 77.4 Å². The van der Waals surface area contributed by atoms with Crippen LogP contribution in [0.15, 0.2) is 55.2 Å². The van der Waals surface area contributed by atoms with E-state index in [1.807, 2.05) is 11.0 Å². The summed E-state index contributed by atoms with van der Waals surface area (Å²) in [6, 6.07) is 3.79. The molecule has 0 aliphatic carbocycles. The number of fused-ring (bicyclic) bond motifs is 3. The van der Waals surface area contributed by atoms with Gasteiger partial charge in [0.2, 0.25) is 0 Å². The minimum Gasteiger partial charge on any atom is -0.461 e. The number of nitriles is 1. The van der Waals surface area contributed by atoms with Crippen LogP contribution >= 0.6 is 22.9 Å². The average molecular weight is 805 g/mol. The molecule has 4 aliphatic heterocycles. The van der Waals surface area contributed by atoms with Crippen molar-refractivity contribution >= 4 is 60.8 Å². The van der Waals surface area contributed by atoms with Crippen LogP contribution in [0.25, 0.3) is 32.1 Å². The topological polar surface area (TPSA) is 142 Å². The quantitative estimate of drug-likeness (QED) is 0.139. The predicted octanol–water partition coefficient (Wildman–Crippen LogP) is 7.17. The number of carbonyl (C=O) groups excluding carboxylic acids is 1. The number of amides is 1. The predicted molar refractivity (Wildman–Crippen MR) is 203 cm³/mol. The van der Waals surface area contributed by atoms with Gasteiger partial charge in [-0.1, -0.05) is 42.0 Å². The highest BCUT2D eigenvalue weighted by Crippen LogP contribution is 2.49. The molecule has 56 heavy (non-hydrogen) atoms. The SMILES string of the molecule is C=C1CN2CC(=C)CC2(COc2nc(N3CC[C@@]4(CCC(C(F)F)N4C(=O)n4cncn4)C3)c3cc(Cl)c(-c4ccc(F)c5sc(N)c(C#N)c45)c(F)c3n2)C1. The van der Waals surface area contributed by atoms with Crippen molar-refractivity contribution in [3.63, 3.8) is 0 Å². The molecule has 5 aromatic rings. The maximum atomic E-state index is 17.3. The number of alkyl halides is 2. The van der Waals surface area contributed by atoms with E-state index in [0.717, 1.165) is 39.6 Å². The Kier molecular flexibility index (Phi) is 8.52. The maximum Gasteiger partial charge on any atom is 0.347 e. The lowest BCUT2D eigenvalue weighted by Gasteiger charge is -2.37. The number of nitrogens with zero attached hydrogens (tertiary/aromatic N) is 9. The Morgan fingerprint density at radius 3 is 2.64 bits per heavy atom. The largest absolute Gasteiger partial charge is 0.461 e. The molecule has 7 heterocycles. The Hall–Kier alpha value is -5.31. The molecule has 0 bridgehead atoms. The number of hydrogen-bond acceptors (Lipinski definition) is 11. The summed E-state index contributed by atoms with van der Waals surface area (Å²) in [7, 11) is 0. The fourth-order valence-electron chi connectivity index (χ4n) is 9.33. The zero-order chi connectivity index (χ0) is 39.3. The molecule has 1 spiro atoms. The zero-order valence-electron chi connectivity index (χ0n) is 29.7. The molecule has 2 aromatic carbocycles. The summed E-state index contributed by atoms with van der Waals surface area (Å²) in [5, 5.41) is 14.2. The van der Waals surface area contributed by atoms with Crippen LogP contribution in [0.3, 0.4) is 0 Å². The van der Waals surface area contributed by atoms with E-state index in [0.29, 0.717) is 32.4 Å². The molecule has 9 rings (SSSR count). The van der Waals surface area contributed by atoms with Gasteiger partial charge in [-0.3, -0.25) is 4.90 Å². The van der Waals surface area contributed by atoms with Crippen LogP contribution in [-0.4, -0.2) is 96.9 Å². The van der Waals surface area contributed by atoms with Gasteiger partial charge >= 0.3 is 12.0 Å². The number of nitrogen functional groups attached to an aromatic ring is 1. The van der Waals surface area contributed by atoms with Crippen molar-refractivity contribution in [1.82, 2.24) is 34.5 Å². The monoisotopic (exact) mass is 804 g/mol. The van der Waals surface area contributed by atoms with E-state index in [1.165, 1.54) is 23.4 Å². The summed E-state index contributed by atoms with van der Waals surface area (Å²) in [6.07, 6.45) is 1.51. The Bertz CT molecular complexity index is 2520. The van der Waals surface area contributed by atoms with Gasteiger partial charge in [-0.15, -0.1) is 11.3 Å². The Labute approximate surface area is 326 Å². The number of thiophene rings is 1. The molecule has 0 saturated carbocycles. The van der Waals surface area contributed by atoms with E-state index < -0.39 is 41.2 Å². The Morgan fingerprint density at radius 1 is 1.18 bits per heavy atom. The first-order valence-electron chi connectivity index (χ1n) is 17.9. The molecule has 18 heteroatoms. The number of aromatic nitrogens is 5. The second-order valence-corrected chi connectivity index (χ2v) is 16.5. The number of ether oxygens (including phenoxy) is 1. The van der Waals surface area contributed by atoms with E-state index in [2.05, 4.69) is 33.1 Å². The van der Waals surface area contributed by atoms with Crippen LogP contribution in [0, 0.1) is 23.0 Å². The van der Waals surface area contributed by atoms with E-state index >= 15 is 8.78 Å².